The van der Waals surface area contributed by atoms with E-state index in [-0.39, 0.29) is 11.8 Å². The molecule has 0 radical (unpaired) electrons. The summed E-state index contributed by atoms with van der Waals surface area (Å²) in [5, 5.41) is 5.67. The van der Waals surface area contributed by atoms with Crippen molar-refractivity contribution in [2.24, 2.45) is 0 Å². The second-order valence-corrected chi connectivity index (χ2v) is 9.85. The number of carbonyl (C=O) groups is 2. The molecule has 0 spiro atoms. The lowest BCUT2D eigenvalue weighted by Crippen LogP contribution is -2.38. The predicted octanol–water partition coefficient (Wildman–Crippen LogP) is 3.50. The highest BCUT2D eigenvalue weighted by Crippen LogP contribution is 2.16. The van der Waals surface area contributed by atoms with Crippen LogP contribution in [0.3, 0.4) is 0 Å². The van der Waals surface area contributed by atoms with Gasteiger partial charge in [0.1, 0.15) is 10.7 Å². The van der Waals surface area contributed by atoms with E-state index in [1.807, 2.05) is 58.9 Å². The molecule has 1 aromatic carbocycles. The fourth-order valence-corrected chi connectivity index (χ4v) is 5.05. The van der Waals surface area contributed by atoms with Gasteiger partial charge in [0.25, 0.3) is 11.8 Å². The second kappa shape index (κ2) is 13.3. The van der Waals surface area contributed by atoms with Crippen molar-refractivity contribution in [2.75, 3.05) is 45.9 Å². The van der Waals surface area contributed by atoms with Crippen LogP contribution in [0.5, 0.6) is 0 Å². The van der Waals surface area contributed by atoms with Gasteiger partial charge in [-0.2, -0.15) is 0 Å². The standard InChI is InChI=1S/C27H35N5O3S/c1-2-12-32(27(34)22-8-4-3-5-9-22)19-23-10-6-14-31(23)20-25-29-24(21-36-25)26(33)28-11-7-13-30-15-17-35-18-16-30/h3-6,8-10,14,21H,2,7,11-13,15-20H2,1H3,(H,28,33). The van der Waals surface area contributed by atoms with Gasteiger partial charge in [0.15, 0.2) is 0 Å². The molecule has 3 aromatic rings. The summed E-state index contributed by atoms with van der Waals surface area (Å²) in [7, 11) is 0. The molecule has 0 saturated carbocycles. The number of amides is 2. The zero-order valence-corrected chi connectivity index (χ0v) is 21.7. The van der Waals surface area contributed by atoms with Crippen LogP contribution in [-0.2, 0) is 17.8 Å². The van der Waals surface area contributed by atoms with Gasteiger partial charge in [-0.15, -0.1) is 11.3 Å². The molecule has 0 aliphatic carbocycles. The van der Waals surface area contributed by atoms with Crippen LogP contribution in [0.15, 0.2) is 54.0 Å². The van der Waals surface area contributed by atoms with Crippen LogP contribution in [0.1, 0.15) is 51.3 Å². The summed E-state index contributed by atoms with van der Waals surface area (Å²) in [5.41, 5.74) is 2.20. The van der Waals surface area contributed by atoms with Crippen LogP contribution in [0, 0.1) is 0 Å². The summed E-state index contributed by atoms with van der Waals surface area (Å²) in [6.07, 6.45) is 3.79. The van der Waals surface area contributed by atoms with Gasteiger partial charge in [-0.25, -0.2) is 4.98 Å². The van der Waals surface area contributed by atoms with E-state index in [1.54, 1.807) is 0 Å². The van der Waals surface area contributed by atoms with Gasteiger partial charge in [-0.05, 0) is 43.7 Å². The van der Waals surface area contributed by atoms with Gasteiger partial charge in [0.2, 0.25) is 0 Å². The van der Waals surface area contributed by atoms with Crippen LogP contribution in [0.25, 0.3) is 0 Å². The monoisotopic (exact) mass is 509 g/mol. The molecule has 1 N–H and O–H groups in total. The van der Waals surface area contributed by atoms with E-state index < -0.39 is 0 Å². The normalized spacial score (nSPS) is 14.0. The lowest BCUT2D eigenvalue weighted by atomic mass is 10.2. The Kier molecular flexibility index (Phi) is 9.66. The van der Waals surface area contributed by atoms with E-state index >= 15 is 0 Å². The van der Waals surface area contributed by atoms with Crippen molar-refractivity contribution in [3.8, 4) is 0 Å². The summed E-state index contributed by atoms with van der Waals surface area (Å²) >= 11 is 1.48. The zero-order chi connectivity index (χ0) is 25.2. The van der Waals surface area contributed by atoms with Gasteiger partial charge in [-0.3, -0.25) is 14.5 Å². The molecule has 36 heavy (non-hydrogen) atoms. The topological polar surface area (TPSA) is 79.7 Å². The van der Waals surface area contributed by atoms with E-state index in [2.05, 4.69) is 26.7 Å². The molecule has 0 unspecified atom stereocenters. The number of thiazole rings is 1. The fraction of sp³-hybridized carbons (Fsp3) is 0.444. The Bertz CT molecular complexity index is 1110. The van der Waals surface area contributed by atoms with E-state index in [1.165, 1.54) is 11.3 Å². The van der Waals surface area contributed by atoms with E-state index in [4.69, 9.17) is 4.74 Å². The molecule has 0 atom stereocenters. The van der Waals surface area contributed by atoms with E-state index in [9.17, 15) is 9.59 Å². The van der Waals surface area contributed by atoms with Crippen LogP contribution >= 0.6 is 11.3 Å². The minimum atomic E-state index is -0.130. The first-order chi connectivity index (χ1) is 17.6. The maximum atomic E-state index is 13.1. The van der Waals surface area contributed by atoms with Crippen molar-refractivity contribution in [2.45, 2.75) is 32.9 Å². The molecule has 9 heteroatoms. The number of hydrogen-bond acceptors (Lipinski definition) is 6. The Morgan fingerprint density at radius 1 is 1.14 bits per heavy atom. The molecule has 192 valence electrons. The molecule has 4 rings (SSSR count). The predicted molar refractivity (Wildman–Crippen MR) is 141 cm³/mol. The first-order valence-corrected chi connectivity index (χ1v) is 13.5. The number of morpholine rings is 1. The third kappa shape index (κ3) is 7.25. The maximum absolute atomic E-state index is 13.1. The van der Waals surface area contributed by atoms with Gasteiger partial charge < -0.3 is 19.5 Å². The van der Waals surface area contributed by atoms with E-state index in [0.29, 0.717) is 37.4 Å². The molecular weight excluding hydrogens is 474 g/mol. The number of aromatic nitrogens is 2. The quantitative estimate of drug-likeness (QED) is 0.378. The fourth-order valence-electron chi connectivity index (χ4n) is 4.28. The van der Waals surface area contributed by atoms with Crippen molar-refractivity contribution >= 4 is 23.2 Å². The van der Waals surface area contributed by atoms with Crippen LogP contribution in [0.2, 0.25) is 0 Å². The molecule has 2 aromatic heterocycles. The SMILES string of the molecule is CCCN(Cc1cccn1Cc1nc(C(=O)NCCCN2CCOCC2)cs1)C(=O)c1ccccc1. The molecule has 1 aliphatic rings. The van der Waals surface area contributed by atoms with Crippen LogP contribution < -0.4 is 5.32 Å². The number of ether oxygens (including phenoxy) is 1. The van der Waals surface area contributed by atoms with Crippen LogP contribution in [0.4, 0.5) is 0 Å². The Labute approximate surface area is 216 Å². The molecule has 1 aliphatic heterocycles. The molecule has 1 fully saturated rings. The molecular formula is C27H35N5O3S. The highest BCUT2D eigenvalue weighted by Gasteiger charge is 2.18. The lowest BCUT2D eigenvalue weighted by molar-refractivity contribution is 0.0374. The number of rotatable bonds is 12. The van der Waals surface area contributed by atoms with Gasteiger partial charge in [0.05, 0.1) is 26.3 Å². The molecule has 3 heterocycles. The summed E-state index contributed by atoms with van der Waals surface area (Å²) in [4.78, 5) is 34.4. The maximum Gasteiger partial charge on any atom is 0.270 e. The van der Waals surface area contributed by atoms with Crippen LogP contribution in [-0.4, -0.2) is 77.1 Å². The van der Waals surface area contributed by atoms with Crippen molar-refractivity contribution in [1.82, 2.24) is 24.7 Å². The minimum absolute atomic E-state index is 0.0343. The number of nitrogens with zero attached hydrogens (tertiary/aromatic N) is 4. The molecule has 2 amide bonds. The Balaban J connectivity index is 1.30. The van der Waals surface area contributed by atoms with Crippen molar-refractivity contribution in [3.63, 3.8) is 0 Å². The van der Waals surface area contributed by atoms with Crippen molar-refractivity contribution in [1.29, 1.82) is 0 Å². The highest BCUT2D eigenvalue weighted by molar-refractivity contribution is 7.09. The smallest absolute Gasteiger partial charge is 0.270 e. The van der Waals surface area contributed by atoms with Gasteiger partial charge in [0, 0.05) is 49.0 Å². The zero-order valence-electron chi connectivity index (χ0n) is 20.9. The molecule has 8 nitrogen and oxygen atoms in total. The summed E-state index contributed by atoms with van der Waals surface area (Å²) in [6, 6.07) is 13.4. The lowest BCUT2D eigenvalue weighted by Gasteiger charge is -2.26. The average molecular weight is 510 g/mol. The Hall–Kier alpha value is -3.01. The summed E-state index contributed by atoms with van der Waals surface area (Å²) in [5.74, 6) is -0.0955. The first kappa shape index (κ1) is 26.1. The molecule has 1 saturated heterocycles. The van der Waals surface area contributed by atoms with Gasteiger partial charge in [-0.1, -0.05) is 25.1 Å². The average Bonchev–Trinajstić information content (AvgIpc) is 3.57. The number of benzene rings is 1. The highest BCUT2D eigenvalue weighted by atomic mass is 32.1. The second-order valence-electron chi connectivity index (χ2n) is 8.91. The largest absolute Gasteiger partial charge is 0.379 e. The van der Waals surface area contributed by atoms with Crippen molar-refractivity contribution < 1.29 is 14.3 Å². The third-order valence-electron chi connectivity index (χ3n) is 6.21. The Morgan fingerprint density at radius 2 is 1.94 bits per heavy atom. The first-order valence-electron chi connectivity index (χ1n) is 12.6. The Morgan fingerprint density at radius 3 is 2.72 bits per heavy atom. The third-order valence-corrected chi connectivity index (χ3v) is 7.04. The summed E-state index contributed by atoms with van der Waals surface area (Å²) < 4.78 is 7.47. The minimum Gasteiger partial charge on any atom is -0.379 e. The van der Waals surface area contributed by atoms with E-state index in [0.717, 1.165) is 56.4 Å². The van der Waals surface area contributed by atoms with Crippen molar-refractivity contribution in [3.05, 3.63) is 76.0 Å². The summed E-state index contributed by atoms with van der Waals surface area (Å²) in [6.45, 7) is 8.95. The number of nitrogens with one attached hydrogen (secondary N) is 1. The van der Waals surface area contributed by atoms with Gasteiger partial charge >= 0.3 is 0 Å². The number of hydrogen-bond donors (Lipinski definition) is 1. The number of carbonyl (C=O) groups excluding carboxylic acids is 2. The molecule has 0 bridgehead atoms.